The summed E-state index contributed by atoms with van der Waals surface area (Å²) in [7, 11) is 0. The lowest BCUT2D eigenvalue weighted by molar-refractivity contribution is -0.137. The van der Waals surface area contributed by atoms with Crippen molar-refractivity contribution in [3.05, 3.63) is 29.8 Å². The Bertz CT molecular complexity index is 632. The Morgan fingerprint density at radius 2 is 1.96 bits per heavy atom. The van der Waals surface area contributed by atoms with Crippen LogP contribution in [0.1, 0.15) is 38.7 Å². The van der Waals surface area contributed by atoms with Gasteiger partial charge in [-0.3, -0.25) is 9.59 Å². The monoisotopic (exact) mass is 379 g/mol. The molecule has 144 valence electrons. The molecule has 0 aliphatic carbocycles. The van der Waals surface area contributed by atoms with Gasteiger partial charge in [0.2, 0.25) is 11.8 Å². The number of hydrogen-bond acceptors (Lipinski definition) is 3. The molecule has 3 unspecified atom stereocenters. The van der Waals surface area contributed by atoms with Crippen LogP contribution in [0.3, 0.4) is 0 Å². The molecule has 0 bridgehead atoms. The highest BCUT2D eigenvalue weighted by atomic mass is 35.5. The van der Waals surface area contributed by atoms with Crippen molar-refractivity contribution in [3.63, 3.8) is 0 Å². The van der Waals surface area contributed by atoms with Gasteiger partial charge in [-0.1, -0.05) is 19.1 Å². The molecule has 2 aliphatic rings. The zero-order valence-electron chi connectivity index (χ0n) is 15.7. The Balaban J connectivity index is 0.00000243. The largest absolute Gasteiger partial charge is 0.342 e. The van der Waals surface area contributed by atoms with Gasteiger partial charge in [0, 0.05) is 37.8 Å². The minimum absolute atomic E-state index is 0. The van der Waals surface area contributed by atoms with Crippen molar-refractivity contribution in [2.24, 2.45) is 17.6 Å². The van der Waals surface area contributed by atoms with Crippen LogP contribution in [0.5, 0.6) is 0 Å². The number of carbonyl (C=O) groups excluding carboxylic acids is 2. The number of anilines is 1. The van der Waals surface area contributed by atoms with Gasteiger partial charge >= 0.3 is 0 Å². The predicted molar refractivity (Wildman–Crippen MR) is 106 cm³/mol. The number of hydrogen-bond donors (Lipinski definition) is 1. The number of piperidine rings is 1. The third-order valence-corrected chi connectivity index (χ3v) is 5.64. The molecule has 5 nitrogen and oxygen atoms in total. The third-order valence-electron chi connectivity index (χ3n) is 5.64. The molecule has 0 radical (unpaired) electrons. The quantitative estimate of drug-likeness (QED) is 0.874. The van der Waals surface area contributed by atoms with Crippen molar-refractivity contribution in [2.75, 3.05) is 24.5 Å². The van der Waals surface area contributed by atoms with E-state index < -0.39 is 0 Å². The molecule has 2 N–H and O–H groups in total. The second-order valence-corrected chi connectivity index (χ2v) is 7.47. The summed E-state index contributed by atoms with van der Waals surface area (Å²) in [6, 6.07) is 8.17. The van der Waals surface area contributed by atoms with Crippen LogP contribution in [0.25, 0.3) is 0 Å². The minimum atomic E-state index is -0.231. The van der Waals surface area contributed by atoms with Crippen LogP contribution in [-0.4, -0.2) is 42.4 Å². The normalized spacial score (nSPS) is 24.3. The maximum absolute atomic E-state index is 12.9. The van der Waals surface area contributed by atoms with Crippen molar-refractivity contribution >= 4 is 29.9 Å². The molecular weight excluding hydrogens is 350 g/mol. The van der Waals surface area contributed by atoms with Gasteiger partial charge < -0.3 is 15.5 Å². The number of rotatable bonds is 4. The fourth-order valence-corrected chi connectivity index (χ4v) is 3.93. The summed E-state index contributed by atoms with van der Waals surface area (Å²) in [6.45, 7) is 6.13. The molecular formula is C20H30ClN3O2. The maximum atomic E-state index is 12.9. The van der Waals surface area contributed by atoms with Crippen LogP contribution in [0.2, 0.25) is 0 Å². The van der Waals surface area contributed by atoms with Gasteiger partial charge in [-0.05, 0) is 49.8 Å². The lowest BCUT2D eigenvalue weighted by Gasteiger charge is -2.35. The highest BCUT2D eigenvalue weighted by molar-refractivity contribution is 6.00. The second-order valence-electron chi connectivity index (χ2n) is 7.47. The summed E-state index contributed by atoms with van der Waals surface area (Å²) >= 11 is 0. The topological polar surface area (TPSA) is 66.6 Å². The highest BCUT2D eigenvalue weighted by Crippen LogP contribution is 2.28. The van der Waals surface area contributed by atoms with Crippen molar-refractivity contribution < 1.29 is 9.59 Å². The van der Waals surface area contributed by atoms with Crippen LogP contribution < -0.4 is 10.6 Å². The Hall–Kier alpha value is -1.59. The number of nitrogens with zero attached hydrogens (tertiary/aromatic N) is 2. The molecule has 1 aromatic rings. The smallest absolute Gasteiger partial charge is 0.228 e. The first-order chi connectivity index (χ1) is 12.0. The van der Waals surface area contributed by atoms with Crippen LogP contribution in [0, 0.1) is 11.8 Å². The highest BCUT2D eigenvalue weighted by Gasteiger charge is 2.38. The zero-order chi connectivity index (χ0) is 18.0. The number of nitrogens with two attached hydrogens (primary N) is 1. The van der Waals surface area contributed by atoms with Gasteiger partial charge in [0.25, 0.3) is 0 Å². The molecule has 2 fully saturated rings. The van der Waals surface area contributed by atoms with E-state index in [2.05, 4.69) is 19.1 Å². The number of carbonyl (C=O) groups is 2. The maximum Gasteiger partial charge on any atom is 0.228 e. The zero-order valence-corrected chi connectivity index (χ0v) is 16.5. The summed E-state index contributed by atoms with van der Waals surface area (Å²) < 4.78 is 0. The van der Waals surface area contributed by atoms with E-state index in [1.165, 1.54) is 5.56 Å². The molecule has 1 aromatic carbocycles. The Kier molecular flexibility index (Phi) is 7.07. The van der Waals surface area contributed by atoms with Crippen molar-refractivity contribution in [2.45, 2.75) is 45.6 Å². The molecule has 2 saturated heterocycles. The second kappa shape index (κ2) is 8.87. The van der Waals surface area contributed by atoms with Crippen LogP contribution in [0.15, 0.2) is 24.3 Å². The van der Waals surface area contributed by atoms with Crippen LogP contribution in [0.4, 0.5) is 5.69 Å². The molecule has 0 spiro atoms. The number of benzene rings is 1. The van der Waals surface area contributed by atoms with E-state index in [9.17, 15) is 9.59 Å². The molecule has 0 aromatic heterocycles. The summed E-state index contributed by atoms with van der Waals surface area (Å²) in [5.74, 6) is 0.299. The molecule has 2 aliphatic heterocycles. The Labute approximate surface area is 162 Å². The molecule has 0 saturated carbocycles. The summed E-state index contributed by atoms with van der Waals surface area (Å²) in [5, 5.41) is 0. The number of aryl methyl sites for hydroxylation is 1. The SMILES string of the molecule is CCc1ccc(N2CC(C(=O)N3CCCC(C(C)N)C3)CC2=O)cc1.Cl. The first kappa shape index (κ1) is 20.7. The first-order valence-corrected chi connectivity index (χ1v) is 9.43. The van der Waals surface area contributed by atoms with Crippen molar-refractivity contribution in [1.29, 1.82) is 0 Å². The average Bonchev–Trinajstić information content (AvgIpc) is 3.03. The van der Waals surface area contributed by atoms with E-state index in [1.807, 2.05) is 24.0 Å². The van der Waals surface area contributed by atoms with E-state index in [-0.39, 0.29) is 36.2 Å². The van der Waals surface area contributed by atoms with Gasteiger partial charge in [0.1, 0.15) is 0 Å². The van der Waals surface area contributed by atoms with Gasteiger partial charge in [-0.15, -0.1) is 12.4 Å². The van der Waals surface area contributed by atoms with Gasteiger partial charge in [-0.2, -0.15) is 0 Å². The lowest BCUT2D eigenvalue weighted by Crippen LogP contribution is -2.47. The van der Waals surface area contributed by atoms with Gasteiger partial charge in [-0.25, -0.2) is 0 Å². The fraction of sp³-hybridized carbons (Fsp3) is 0.600. The Morgan fingerprint density at radius 3 is 2.58 bits per heavy atom. The van der Waals surface area contributed by atoms with E-state index >= 15 is 0 Å². The standard InChI is InChI=1S/C20H29N3O2.ClH/c1-3-15-6-8-18(9-7-15)23-13-17(11-19(23)24)20(25)22-10-4-5-16(12-22)14(2)21;/h6-9,14,16-17H,3-5,10-13,21H2,1-2H3;1H. The first-order valence-electron chi connectivity index (χ1n) is 9.43. The minimum Gasteiger partial charge on any atom is -0.342 e. The lowest BCUT2D eigenvalue weighted by atomic mass is 9.91. The average molecular weight is 380 g/mol. The Morgan fingerprint density at radius 1 is 1.27 bits per heavy atom. The van der Waals surface area contributed by atoms with Gasteiger partial charge in [0.05, 0.1) is 5.92 Å². The summed E-state index contributed by atoms with van der Waals surface area (Å²) in [5.41, 5.74) is 8.17. The molecule has 3 rings (SSSR count). The molecule has 26 heavy (non-hydrogen) atoms. The third kappa shape index (κ3) is 4.38. The van der Waals surface area contributed by atoms with Crippen molar-refractivity contribution in [1.82, 2.24) is 4.90 Å². The molecule has 6 heteroatoms. The summed E-state index contributed by atoms with van der Waals surface area (Å²) in [4.78, 5) is 29.0. The van der Waals surface area contributed by atoms with E-state index in [1.54, 1.807) is 4.90 Å². The van der Waals surface area contributed by atoms with Crippen LogP contribution in [-0.2, 0) is 16.0 Å². The molecule has 3 atom stereocenters. The van der Waals surface area contributed by atoms with E-state index in [0.717, 1.165) is 38.0 Å². The van der Waals surface area contributed by atoms with Gasteiger partial charge in [0.15, 0.2) is 0 Å². The van der Waals surface area contributed by atoms with Crippen LogP contribution >= 0.6 is 12.4 Å². The predicted octanol–water partition coefficient (Wildman–Crippen LogP) is 2.61. The summed E-state index contributed by atoms with van der Waals surface area (Å²) in [6.07, 6.45) is 3.38. The fourth-order valence-electron chi connectivity index (χ4n) is 3.93. The number of likely N-dealkylation sites (tertiary alicyclic amines) is 1. The number of halogens is 1. The molecule has 2 amide bonds. The van der Waals surface area contributed by atoms with E-state index in [0.29, 0.717) is 18.9 Å². The molecule has 2 heterocycles. The van der Waals surface area contributed by atoms with E-state index in [4.69, 9.17) is 5.73 Å². The van der Waals surface area contributed by atoms with Crippen molar-refractivity contribution in [3.8, 4) is 0 Å². The number of amides is 2.